The summed E-state index contributed by atoms with van der Waals surface area (Å²) in [5, 5.41) is 0. The number of benzene rings is 4. The maximum Gasteiger partial charge on any atom is 0.486 e. The van der Waals surface area contributed by atoms with Gasteiger partial charge in [-0.15, -0.1) is 0 Å². The Kier molecular flexibility index (Phi) is 8.62. The molecule has 0 unspecified atom stereocenters. The van der Waals surface area contributed by atoms with Gasteiger partial charge in [0.1, 0.15) is 23.4 Å². The SMILES string of the molecule is COC(c1ccccc1)(c1ccccc1)[C@@H]1OB(/C=C/C(C)(C)C)O[C@H]1C(OC)(c1ccccc1)c1ccccc1. The molecule has 0 aromatic heterocycles. The van der Waals surface area contributed by atoms with Crippen molar-refractivity contribution in [2.45, 2.75) is 44.2 Å². The van der Waals surface area contributed by atoms with Gasteiger partial charge in [-0.2, -0.15) is 0 Å². The van der Waals surface area contributed by atoms with E-state index in [-0.39, 0.29) is 5.41 Å². The average Bonchev–Trinajstić information content (AvgIpc) is 3.44. The van der Waals surface area contributed by atoms with Gasteiger partial charge in [0.15, 0.2) is 0 Å². The van der Waals surface area contributed by atoms with Crippen LogP contribution in [-0.2, 0) is 30.0 Å². The Hall–Kier alpha value is -3.48. The van der Waals surface area contributed by atoms with E-state index in [1.807, 2.05) is 78.8 Å². The minimum atomic E-state index is -1.01. The molecule has 0 amide bonds. The predicted octanol–water partition coefficient (Wildman–Crippen LogP) is 7.58. The number of hydrogen-bond acceptors (Lipinski definition) is 4. The normalized spacial score (nSPS) is 18.2. The molecule has 1 aliphatic heterocycles. The highest BCUT2D eigenvalue weighted by atomic mass is 16.7. The number of methoxy groups -OCH3 is 2. The molecule has 0 aliphatic carbocycles. The zero-order valence-electron chi connectivity index (χ0n) is 24.6. The molecule has 0 N–H and O–H groups in total. The van der Waals surface area contributed by atoms with Gasteiger partial charge < -0.3 is 18.8 Å². The molecule has 1 saturated heterocycles. The van der Waals surface area contributed by atoms with Gasteiger partial charge in [0.25, 0.3) is 0 Å². The molecule has 4 nitrogen and oxygen atoms in total. The zero-order valence-corrected chi connectivity index (χ0v) is 24.6. The monoisotopic (exact) mass is 546 g/mol. The van der Waals surface area contributed by atoms with E-state index in [2.05, 4.69) is 75.4 Å². The number of hydrogen-bond donors (Lipinski definition) is 0. The summed E-state index contributed by atoms with van der Waals surface area (Å²) in [6.07, 6.45) is 0.926. The second-order valence-corrected chi connectivity index (χ2v) is 11.6. The Labute approximate surface area is 245 Å². The lowest BCUT2D eigenvalue weighted by molar-refractivity contribution is -0.136. The third-order valence-corrected chi connectivity index (χ3v) is 7.85. The topological polar surface area (TPSA) is 36.9 Å². The molecule has 210 valence electrons. The fraction of sp³-hybridized carbons (Fsp3) is 0.278. The van der Waals surface area contributed by atoms with Crippen molar-refractivity contribution in [2.24, 2.45) is 5.41 Å². The summed E-state index contributed by atoms with van der Waals surface area (Å²) in [6, 6.07) is 41.1. The fourth-order valence-electron chi connectivity index (χ4n) is 5.98. The largest absolute Gasteiger partial charge is 0.486 e. The molecule has 5 heteroatoms. The summed E-state index contributed by atoms with van der Waals surface area (Å²) in [5.41, 5.74) is 1.82. The molecule has 4 aromatic rings. The third kappa shape index (κ3) is 5.56. The average molecular weight is 547 g/mol. The van der Waals surface area contributed by atoms with Crippen LogP contribution in [0.15, 0.2) is 133 Å². The van der Waals surface area contributed by atoms with Crippen molar-refractivity contribution in [1.29, 1.82) is 0 Å². The van der Waals surface area contributed by atoms with Crippen LogP contribution in [0.4, 0.5) is 0 Å². The lowest BCUT2D eigenvalue weighted by Gasteiger charge is -2.46. The second kappa shape index (κ2) is 12.2. The first-order valence-electron chi connectivity index (χ1n) is 14.2. The lowest BCUT2D eigenvalue weighted by atomic mass is 9.71. The standard InChI is InChI=1S/C36H39BO4/c1-34(2,3)26-27-37-40-32(35(38-4,28-18-10-6-11-19-28)29-20-12-7-13-21-29)33(41-37)36(39-5,30-22-14-8-15-23-30)31-24-16-9-17-25-31/h6-27,32-33H,1-5H3/b27-26+/t32-,33-/m1/s1. The molecule has 0 spiro atoms. The summed E-state index contributed by atoms with van der Waals surface area (Å²) < 4.78 is 27.2. The van der Waals surface area contributed by atoms with Crippen LogP contribution in [0.3, 0.4) is 0 Å². The first kappa shape index (κ1) is 29.0. The van der Waals surface area contributed by atoms with Crippen molar-refractivity contribution in [3.8, 4) is 0 Å². The number of ether oxygens (including phenoxy) is 2. The summed E-state index contributed by atoms with van der Waals surface area (Å²) >= 11 is 0. The van der Waals surface area contributed by atoms with Crippen molar-refractivity contribution in [3.05, 3.63) is 156 Å². The van der Waals surface area contributed by atoms with Gasteiger partial charge >= 0.3 is 7.12 Å². The van der Waals surface area contributed by atoms with Crippen LogP contribution in [-0.4, -0.2) is 33.5 Å². The van der Waals surface area contributed by atoms with Crippen LogP contribution in [0.5, 0.6) is 0 Å². The van der Waals surface area contributed by atoms with Crippen molar-refractivity contribution in [2.75, 3.05) is 14.2 Å². The van der Waals surface area contributed by atoms with Crippen LogP contribution < -0.4 is 0 Å². The molecule has 5 rings (SSSR count). The lowest BCUT2D eigenvalue weighted by Crippen LogP contribution is -2.56. The van der Waals surface area contributed by atoms with Crippen molar-refractivity contribution < 1.29 is 18.8 Å². The smallest absolute Gasteiger partial charge is 0.398 e. The summed E-state index contributed by atoms with van der Waals surface area (Å²) in [6.45, 7) is 6.48. The van der Waals surface area contributed by atoms with Gasteiger partial charge in [-0.05, 0) is 27.7 Å². The third-order valence-electron chi connectivity index (χ3n) is 7.85. The zero-order chi connectivity index (χ0) is 28.9. The number of rotatable bonds is 9. The quantitative estimate of drug-likeness (QED) is 0.203. The highest BCUT2D eigenvalue weighted by molar-refractivity contribution is 6.51. The van der Waals surface area contributed by atoms with Crippen LogP contribution >= 0.6 is 0 Å². The van der Waals surface area contributed by atoms with E-state index in [9.17, 15) is 0 Å². The molecule has 41 heavy (non-hydrogen) atoms. The molecule has 0 radical (unpaired) electrons. The molecule has 0 saturated carbocycles. The van der Waals surface area contributed by atoms with E-state index >= 15 is 0 Å². The molecule has 1 fully saturated rings. The highest BCUT2D eigenvalue weighted by Gasteiger charge is 2.61. The van der Waals surface area contributed by atoms with Gasteiger partial charge in [-0.3, -0.25) is 0 Å². The molecule has 4 aromatic carbocycles. The molecule has 1 aliphatic rings. The number of allylic oxidation sites excluding steroid dienone is 1. The van der Waals surface area contributed by atoms with Gasteiger partial charge in [0.2, 0.25) is 0 Å². The Morgan fingerprint density at radius 2 is 0.829 bits per heavy atom. The van der Waals surface area contributed by atoms with Crippen molar-refractivity contribution in [3.63, 3.8) is 0 Å². The van der Waals surface area contributed by atoms with Crippen LogP contribution in [0, 0.1) is 5.41 Å². The Bertz CT molecular complexity index is 1220. The van der Waals surface area contributed by atoms with E-state index in [0.29, 0.717) is 0 Å². The molecule has 1 heterocycles. The Morgan fingerprint density at radius 1 is 0.537 bits per heavy atom. The summed E-state index contributed by atoms with van der Waals surface area (Å²) in [7, 11) is 2.88. The van der Waals surface area contributed by atoms with E-state index in [0.717, 1.165) is 22.3 Å². The van der Waals surface area contributed by atoms with Crippen LogP contribution in [0.25, 0.3) is 0 Å². The van der Waals surface area contributed by atoms with Crippen LogP contribution in [0.2, 0.25) is 0 Å². The van der Waals surface area contributed by atoms with Gasteiger partial charge in [0.05, 0.1) is 0 Å². The van der Waals surface area contributed by atoms with Crippen molar-refractivity contribution >= 4 is 7.12 Å². The second-order valence-electron chi connectivity index (χ2n) is 11.6. The molecule has 2 atom stereocenters. The maximum absolute atomic E-state index is 6.97. The van der Waals surface area contributed by atoms with Gasteiger partial charge in [-0.1, -0.05) is 154 Å². The van der Waals surface area contributed by atoms with E-state index in [1.165, 1.54) is 0 Å². The predicted molar refractivity (Wildman–Crippen MR) is 165 cm³/mol. The van der Waals surface area contributed by atoms with Crippen molar-refractivity contribution in [1.82, 2.24) is 0 Å². The van der Waals surface area contributed by atoms with Gasteiger partial charge in [0, 0.05) is 14.2 Å². The van der Waals surface area contributed by atoms with E-state index < -0.39 is 30.5 Å². The minimum Gasteiger partial charge on any atom is -0.398 e. The van der Waals surface area contributed by atoms with E-state index in [4.69, 9.17) is 18.8 Å². The molecular weight excluding hydrogens is 507 g/mol. The summed E-state index contributed by atoms with van der Waals surface area (Å²) in [4.78, 5) is 0. The van der Waals surface area contributed by atoms with E-state index in [1.54, 1.807) is 14.2 Å². The maximum atomic E-state index is 6.97. The summed E-state index contributed by atoms with van der Waals surface area (Å²) in [5.74, 6) is 2.01. The highest BCUT2D eigenvalue weighted by Crippen LogP contribution is 2.50. The Balaban J connectivity index is 1.80. The Morgan fingerprint density at radius 3 is 1.07 bits per heavy atom. The molecular formula is C36H39BO4. The van der Waals surface area contributed by atoms with Crippen LogP contribution in [0.1, 0.15) is 43.0 Å². The minimum absolute atomic E-state index is 0.0469. The fourth-order valence-corrected chi connectivity index (χ4v) is 5.98. The first-order valence-corrected chi connectivity index (χ1v) is 14.2. The first-order chi connectivity index (χ1) is 19.8. The van der Waals surface area contributed by atoms with Gasteiger partial charge in [-0.25, -0.2) is 0 Å². The molecule has 0 bridgehead atoms.